The zero-order valence-electron chi connectivity index (χ0n) is 7.92. The largest absolute Gasteiger partial charge is 0.356 e. The lowest BCUT2D eigenvalue weighted by Crippen LogP contribution is -2.18. The molecule has 0 radical (unpaired) electrons. The molecule has 0 aliphatic rings. The lowest BCUT2D eigenvalue weighted by atomic mass is 10.3. The fraction of sp³-hybridized carbons (Fsp3) is 0.300. The summed E-state index contributed by atoms with van der Waals surface area (Å²) in [6.07, 6.45) is 3.67. The van der Waals surface area contributed by atoms with Crippen molar-refractivity contribution in [1.82, 2.24) is 4.98 Å². The minimum absolute atomic E-state index is 0.815. The third-order valence-electron chi connectivity index (χ3n) is 1.78. The molecule has 0 aliphatic carbocycles. The molecule has 70 valence electrons. The van der Waals surface area contributed by atoms with Crippen molar-refractivity contribution >= 4 is 21.7 Å². The van der Waals surface area contributed by atoms with Gasteiger partial charge in [0.1, 0.15) is 5.82 Å². The summed E-state index contributed by atoms with van der Waals surface area (Å²) in [6, 6.07) is 2.06. The summed E-state index contributed by atoms with van der Waals surface area (Å²) in [7, 11) is 2.00. The Hall–Kier alpha value is -0.830. The Morgan fingerprint density at radius 3 is 2.92 bits per heavy atom. The van der Waals surface area contributed by atoms with Crippen LogP contribution in [0, 0.1) is 6.92 Å². The first-order valence-electron chi connectivity index (χ1n) is 4.09. The summed E-state index contributed by atoms with van der Waals surface area (Å²) in [5, 5.41) is 0. The summed E-state index contributed by atoms with van der Waals surface area (Å²) in [5.41, 5.74) is 1.17. The first-order valence-corrected chi connectivity index (χ1v) is 4.88. The molecule has 0 unspecified atom stereocenters. The molecule has 2 nitrogen and oxygen atoms in total. The van der Waals surface area contributed by atoms with Crippen molar-refractivity contribution in [3.05, 3.63) is 35.0 Å². The molecule has 0 aromatic carbocycles. The highest BCUT2D eigenvalue weighted by atomic mass is 79.9. The maximum absolute atomic E-state index is 4.33. The highest BCUT2D eigenvalue weighted by molar-refractivity contribution is 9.10. The summed E-state index contributed by atoms with van der Waals surface area (Å²) >= 11 is 3.38. The molecule has 0 bridgehead atoms. The number of nitrogens with zero attached hydrogens (tertiary/aromatic N) is 2. The quantitative estimate of drug-likeness (QED) is 0.756. The fourth-order valence-electron chi connectivity index (χ4n) is 1.21. The van der Waals surface area contributed by atoms with Gasteiger partial charge >= 0.3 is 0 Å². The fourth-order valence-corrected chi connectivity index (χ4v) is 1.66. The Bertz CT molecular complexity index is 310. The normalized spacial score (nSPS) is 9.77. The molecule has 0 saturated heterocycles. The van der Waals surface area contributed by atoms with Gasteiger partial charge in [0.05, 0.1) is 0 Å². The molecule has 0 amide bonds. The minimum atomic E-state index is 0.815. The second-order valence-corrected chi connectivity index (χ2v) is 3.88. The maximum Gasteiger partial charge on any atom is 0.131 e. The molecule has 1 rings (SSSR count). The molecule has 1 heterocycles. The van der Waals surface area contributed by atoms with Crippen LogP contribution in [-0.2, 0) is 0 Å². The molecule has 3 heteroatoms. The van der Waals surface area contributed by atoms with Crippen molar-refractivity contribution in [1.29, 1.82) is 0 Å². The van der Waals surface area contributed by atoms with Gasteiger partial charge in [0.25, 0.3) is 0 Å². The van der Waals surface area contributed by atoms with E-state index >= 15 is 0 Å². The number of rotatable bonds is 3. The standard InChI is InChI=1S/C10H13BrN2/c1-4-5-13(3)10-8(2)6-9(11)7-12-10/h4,6-7H,1,5H2,2-3H3. The third kappa shape index (κ3) is 2.56. The Labute approximate surface area is 87.4 Å². The van der Waals surface area contributed by atoms with E-state index in [0.29, 0.717) is 0 Å². The average molecular weight is 241 g/mol. The van der Waals surface area contributed by atoms with Crippen LogP contribution in [0.4, 0.5) is 5.82 Å². The number of anilines is 1. The molecule has 0 fully saturated rings. The van der Waals surface area contributed by atoms with E-state index in [1.54, 1.807) is 0 Å². The summed E-state index contributed by atoms with van der Waals surface area (Å²) < 4.78 is 1.01. The first kappa shape index (κ1) is 10.3. The van der Waals surface area contributed by atoms with Crippen molar-refractivity contribution in [3.8, 4) is 0 Å². The molecule has 0 spiro atoms. The zero-order chi connectivity index (χ0) is 9.84. The number of aromatic nitrogens is 1. The highest BCUT2D eigenvalue weighted by Gasteiger charge is 2.04. The van der Waals surface area contributed by atoms with Gasteiger partial charge in [0.15, 0.2) is 0 Å². The smallest absolute Gasteiger partial charge is 0.131 e. The van der Waals surface area contributed by atoms with Crippen molar-refractivity contribution < 1.29 is 0 Å². The van der Waals surface area contributed by atoms with Crippen LogP contribution in [0.1, 0.15) is 5.56 Å². The van der Waals surface area contributed by atoms with Crippen LogP contribution < -0.4 is 4.90 Å². The van der Waals surface area contributed by atoms with Crippen LogP contribution in [0.3, 0.4) is 0 Å². The number of likely N-dealkylation sites (N-methyl/N-ethyl adjacent to an activating group) is 1. The second-order valence-electron chi connectivity index (χ2n) is 2.96. The van der Waals surface area contributed by atoms with Gasteiger partial charge < -0.3 is 4.90 Å². The number of halogens is 1. The lowest BCUT2D eigenvalue weighted by Gasteiger charge is -2.17. The van der Waals surface area contributed by atoms with Gasteiger partial charge in [-0.05, 0) is 34.5 Å². The Kier molecular flexibility index (Phi) is 3.48. The van der Waals surface area contributed by atoms with Gasteiger partial charge in [-0.25, -0.2) is 4.98 Å². The van der Waals surface area contributed by atoms with E-state index in [1.165, 1.54) is 5.56 Å². The monoisotopic (exact) mass is 240 g/mol. The van der Waals surface area contributed by atoms with Gasteiger partial charge in [-0.3, -0.25) is 0 Å². The van der Waals surface area contributed by atoms with E-state index in [2.05, 4.69) is 38.5 Å². The Morgan fingerprint density at radius 1 is 1.69 bits per heavy atom. The van der Waals surface area contributed by atoms with Gasteiger partial charge in [-0.1, -0.05) is 6.08 Å². The number of pyridine rings is 1. The van der Waals surface area contributed by atoms with Gasteiger partial charge in [0.2, 0.25) is 0 Å². The predicted molar refractivity (Wildman–Crippen MR) is 60.1 cm³/mol. The topological polar surface area (TPSA) is 16.1 Å². The van der Waals surface area contributed by atoms with Crippen LogP contribution >= 0.6 is 15.9 Å². The van der Waals surface area contributed by atoms with Gasteiger partial charge in [-0.2, -0.15) is 0 Å². The van der Waals surface area contributed by atoms with Crippen LogP contribution in [0.2, 0.25) is 0 Å². The predicted octanol–water partition coefficient (Wildman–Crippen LogP) is 2.77. The van der Waals surface area contributed by atoms with E-state index in [0.717, 1.165) is 16.8 Å². The summed E-state index contributed by atoms with van der Waals surface area (Å²) in [6.45, 7) is 6.56. The molecule has 0 aliphatic heterocycles. The van der Waals surface area contributed by atoms with Crippen LogP contribution in [0.5, 0.6) is 0 Å². The Morgan fingerprint density at radius 2 is 2.38 bits per heavy atom. The number of aryl methyl sites for hydroxylation is 1. The highest BCUT2D eigenvalue weighted by Crippen LogP contribution is 2.19. The molecule has 1 aromatic heterocycles. The number of hydrogen-bond donors (Lipinski definition) is 0. The third-order valence-corrected chi connectivity index (χ3v) is 2.22. The van der Waals surface area contributed by atoms with E-state index in [4.69, 9.17) is 0 Å². The maximum atomic E-state index is 4.33. The molecule has 13 heavy (non-hydrogen) atoms. The van der Waals surface area contributed by atoms with Crippen molar-refractivity contribution in [3.63, 3.8) is 0 Å². The lowest BCUT2D eigenvalue weighted by molar-refractivity contribution is 0.977. The van der Waals surface area contributed by atoms with Crippen LogP contribution in [-0.4, -0.2) is 18.6 Å². The number of hydrogen-bond acceptors (Lipinski definition) is 2. The second kappa shape index (κ2) is 4.42. The zero-order valence-corrected chi connectivity index (χ0v) is 9.50. The van der Waals surface area contributed by atoms with E-state index in [1.807, 2.05) is 26.2 Å². The van der Waals surface area contributed by atoms with Crippen LogP contribution in [0.15, 0.2) is 29.4 Å². The van der Waals surface area contributed by atoms with Crippen molar-refractivity contribution in [2.24, 2.45) is 0 Å². The van der Waals surface area contributed by atoms with Crippen molar-refractivity contribution in [2.75, 3.05) is 18.5 Å². The molecule has 0 saturated carbocycles. The summed E-state index contributed by atoms with van der Waals surface area (Å²) in [4.78, 5) is 6.39. The van der Waals surface area contributed by atoms with Crippen molar-refractivity contribution in [2.45, 2.75) is 6.92 Å². The van der Waals surface area contributed by atoms with Crippen LogP contribution in [0.25, 0.3) is 0 Å². The van der Waals surface area contributed by atoms with E-state index in [-0.39, 0.29) is 0 Å². The SMILES string of the molecule is C=CCN(C)c1ncc(Br)cc1C. The van der Waals surface area contributed by atoms with E-state index in [9.17, 15) is 0 Å². The minimum Gasteiger partial charge on any atom is -0.356 e. The van der Waals surface area contributed by atoms with E-state index < -0.39 is 0 Å². The molecular weight excluding hydrogens is 228 g/mol. The Balaban J connectivity index is 2.94. The molecular formula is C10H13BrN2. The average Bonchev–Trinajstić information content (AvgIpc) is 2.04. The van der Waals surface area contributed by atoms with Gasteiger partial charge in [-0.15, -0.1) is 6.58 Å². The molecule has 0 atom stereocenters. The molecule has 1 aromatic rings. The molecule has 0 N–H and O–H groups in total. The first-order chi connectivity index (χ1) is 6.15. The summed E-state index contributed by atoms with van der Waals surface area (Å²) in [5.74, 6) is 1.00. The van der Waals surface area contributed by atoms with Gasteiger partial charge in [0, 0.05) is 24.3 Å².